The van der Waals surface area contributed by atoms with Gasteiger partial charge < -0.3 is 9.84 Å². The number of hydrogen-bond acceptors (Lipinski definition) is 4. The zero-order chi connectivity index (χ0) is 18.6. The molecule has 0 radical (unpaired) electrons. The Hall–Kier alpha value is -1.97. The summed E-state index contributed by atoms with van der Waals surface area (Å²) < 4.78 is 73.3. The maximum Gasteiger partial charge on any atom is 0.354 e. The van der Waals surface area contributed by atoms with E-state index in [-0.39, 0.29) is 11.5 Å². The van der Waals surface area contributed by atoms with E-state index in [1.807, 2.05) is 11.4 Å². The molecule has 26 heavy (non-hydrogen) atoms. The van der Waals surface area contributed by atoms with Crippen LogP contribution < -0.4 is 4.74 Å². The number of benzene rings is 2. The second-order valence-corrected chi connectivity index (χ2v) is 8.08. The first-order valence-electron chi connectivity index (χ1n) is 7.39. The molecule has 2 atom stereocenters. The molecule has 0 spiro atoms. The second-order valence-electron chi connectivity index (χ2n) is 5.61. The molecule has 1 aliphatic heterocycles. The van der Waals surface area contributed by atoms with Crippen molar-refractivity contribution in [2.75, 3.05) is 0 Å². The summed E-state index contributed by atoms with van der Waals surface area (Å²) in [6.07, 6.45) is -5.77. The fourth-order valence-electron chi connectivity index (χ4n) is 2.94. The van der Waals surface area contributed by atoms with Crippen LogP contribution in [0, 0.1) is 0 Å². The lowest BCUT2D eigenvalue weighted by Gasteiger charge is -2.17. The summed E-state index contributed by atoms with van der Waals surface area (Å²) in [5.41, 5.74) is -1.59. The SMILES string of the molecule is O=S1c2ccc(Oc3cccc4sccc34)c(C(F)F)c2C(O)C1(F)F. The van der Waals surface area contributed by atoms with E-state index in [1.165, 1.54) is 11.3 Å². The Bertz CT molecular complexity index is 1030. The number of aliphatic hydroxyl groups is 1. The predicted octanol–water partition coefficient (Wildman–Crippen LogP) is 5.38. The van der Waals surface area contributed by atoms with Gasteiger partial charge in [0.2, 0.25) is 0 Å². The van der Waals surface area contributed by atoms with Gasteiger partial charge in [-0.25, -0.2) is 13.0 Å². The minimum atomic E-state index is -4.03. The summed E-state index contributed by atoms with van der Waals surface area (Å²) >= 11 is 1.44. The third-order valence-electron chi connectivity index (χ3n) is 4.14. The van der Waals surface area contributed by atoms with Gasteiger partial charge in [-0.15, -0.1) is 11.3 Å². The summed E-state index contributed by atoms with van der Waals surface area (Å²) in [4.78, 5) is -0.501. The number of hydrogen-bond donors (Lipinski definition) is 1. The van der Waals surface area contributed by atoms with Gasteiger partial charge in [0.15, 0.2) is 6.10 Å². The standard InChI is InChI=1S/C17H10F4O3S2/c18-16(19)13-10(24-9-2-1-3-11-8(9)6-7-25-11)4-5-12-14(13)15(22)17(20,21)26(12)23/h1-7,15-16,22H. The van der Waals surface area contributed by atoms with E-state index in [9.17, 15) is 26.9 Å². The first-order valence-corrected chi connectivity index (χ1v) is 9.42. The molecule has 2 heterocycles. The topological polar surface area (TPSA) is 46.5 Å². The van der Waals surface area contributed by atoms with E-state index in [4.69, 9.17) is 4.74 Å². The van der Waals surface area contributed by atoms with Gasteiger partial charge in [0, 0.05) is 15.6 Å². The Labute approximate surface area is 151 Å². The van der Waals surface area contributed by atoms with Gasteiger partial charge in [-0.2, -0.15) is 8.78 Å². The molecule has 136 valence electrons. The molecule has 1 aromatic heterocycles. The minimum absolute atomic E-state index is 0.283. The number of thiophene rings is 1. The molecular formula is C17H10F4O3S2. The molecule has 0 amide bonds. The Morgan fingerprint density at radius 2 is 1.92 bits per heavy atom. The van der Waals surface area contributed by atoms with Crippen LogP contribution in [-0.4, -0.2) is 14.6 Å². The molecule has 1 N–H and O–H groups in total. The lowest BCUT2D eigenvalue weighted by molar-refractivity contribution is -0.0361. The van der Waals surface area contributed by atoms with Crippen LogP contribution in [0.25, 0.3) is 10.1 Å². The Kier molecular flexibility index (Phi) is 4.05. The Morgan fingerprint density at radius 3 is 2.65 bits per heavy atom. The molecule has 0 saturated carbocycles. The molecule has 1 aliphatic rings. The van der Waals surface area contributed by atoms with E-state index in [0.717, 1.165) is 16.8 Å². The van der Waals surface area contributed by atoms with Crippen molar-refractivity contribution < 1.29 is 31.6 Å². The van der Waals surface area contributed by atoms with Gasteiger partial charge in [0.05, 0.1) is 10.5 Å². The normalized spacial score (nSPS) is 21.3. The lowest BCUT2D eigenvalue weighted by Crippen LogP contribution is -2.24. The zero-order valence-electron chi connectivity index (χ0n) is 12.8. The van der Waals surface area contributed by atoms with Gasteiger partial charge >= 0.3 is 5.25 Å². The molecule has 2 aromatic carbocycles. The van der Waals surface area contributed by atoms with E-state index >= 15 is 0 Å². The summed E-state index contributed by atoms with van der Waals surface area (Å²) in [5.74, 6) is -0.0721. The number of fused-ring (bicyclic) bond motifs is 2. The monoisotopic (exact) mass is 402 g/mol. The molecular weight excluding hydrogens is 392 g/mol. The highest BCUT2D eigenvalue weighted by atomic mass is 32.2. The van der Waals surface area contributed by atoms with E-state index in [1.54, 1.807) is 18.2 Å². The molecule has 4 rings (SSSR count). The van der Waals surface area contributed by atoms with Crippen LogP contribution in [-0.2, 0) is 10.8 Å². The van der Waals surface area contributed by atoms with Crippen LogP contribution in [0.15, 0.2) is 46.7 Å². The van der Waals surface area contributed by atoms with Gasteiger partial charge in [0.1, 0.15) is 22.3 Å². The molecule has 0 fully saturated rings. The van der Waals surface area contributed by atoms with Crippen molar-refractivity contribution in [1.29, 1.82) is 0 Å². The van der Waals surface area contributed by atoms with Gasteiger partial charge in [0.25, 0.3) is 6.43 Å². The fraction of sp³-hybridized carbons (Fsp3) is 0.176. The summed E-state index contributed by atoms with van der Waals surface area (Å²) in [6.45, 7) is 0. The third-order valence-corrected chi connectivity index (χ3v) is 6.50. The van der Waals surface area contributed by atoms with E-state index in [0.29, 0.717) is 5.39 Å². The Morgan fingerprint density at radius 1 is 1.15 bits per heavy atom. The zero-order valence-corrected chi connectivity index (χ0v) is 14.4. The highest BCUT2D eigenvalue weighted by molar-refractivity contribution is 7.86. The second kappa shape index (κ2) is 6.04. The van der Waals surface area contributed by atoms with Crippen molar-refractivity contribution in [2.45, 2.75) is 22.7 Å². The van der Waals surface area contributed by atoms with Crippen molar-refractivity contribution in [2.24, 2.45) is 0 Å². The largest absolute Gasteiger partial charge is 0.456 e. The maximum absolute atomic E-state index is 13.9. The third kappa shape index (κ3) is 2.45. The van der Waals surface area contributed by atoms with Gasteiger partial charge in [-0.3, -0.25) is 0 Å². The fourth-order valence-corrected chi connectivity index (χ4v) is 4.97. The van der Waals surface area contributed by atoms with Crippen molar-refractivity contribution in [3.63, 3.8) is 0 Å². The summed E-state index contributed by atoms with van der Waals surface area (Å²) in [7, 11) is -2.91. The molecule has 0 saturated heterocycles. The first kappa shape index (κ1) is 17.4. The lowest BCUT2D eigenvalue weighted by atomic mass is 10.0. The Balaban J connectivity index is 1.88. The molecule has 9 heteroatoms. The summed E-state index contributed by atoms with van der Waals surface area (Å²) in [5, 5.41) is 8.27. The molecule has 0 bridgehead atoms. The maximum atomic E-state index is 13.9. The predicted molar refractivity (Wildman–Crippen MR) is 89.6 cm³/mol. The highest BCUT2D eigenvalue weighted by Crippen LogP contribution is 2.52. The number of aliphatic hydroxyl groups excluding tert-OH is 1. The molecule has 0 aliphatic carbocycles. The number of rotatable bonds is 3. The number of halogens is 4. The van der Waals surface area contributed by atoms with E-state index in [2.05, 4.69) is 0 Å². The van der Waals surface area contributed by atoms with Crippen LogP contribution in [0.4, 0.5) is 17.6 Å². The first-order chi connectivity index (χ1) is 12.3. The average molecular weight is 402 g/mol. The minimum Gasteiger partial charge on any atom is -0.456 e. The van der Waals surface area contributed by atoms with Crippen LogP contribution >= 0.6 is 11.3 Å². The van der Waals surface area contributed by atoms with Crippen LogP contribution in [0.3, 0.4) is 0 Å². The van der Waals surface area contributed by atoms with Crippen molar-refractivity contribution >= 4 is 32.2 Å². The smallest absolute Gasteiger partial charge is 0.354 e. The highest BCUT2D eigenvalue weighted by Gasteiger charge is 2.56. The molecule has 2 unspecified atom stereocenters. The van der Waals surface area contributed by atoms with Crippen molar-refractivity contribution in [3.8, 4) is 11.5 Å². The van der Waals surface area contributed by atoms with Crippen LogP contribution in [0.2, 0.25) is 0 Å². The van der Waals surface area contributed by atoms with Crippen molar-refractivity contribution in [1.82, 2.24) is 0 Å². The van der Waals surface area contributed by atoms with Gasteiger partial charge in [-0.05, 0) is 35.7 Å². The number of alkyl halides is 4. The molecule has 3 aromatic rings. The van der Waals surface area contributed by atoms with Gasteiger partial charge in [-0.1, -0.05) is 6.07 Å². The van der Waals surface area contributed by atoms with E-state index < -0.39 is 44.6 Å². The quantitative estimate of drug-likeness (QED) is 0.599. The molecule has 3 nitrogen and oxygen atoms in total. The van der Waals surface area contributed by atoms with Crippen LogP contribution in [0.1, 0.15) is 23.7 Å². The van der Waals surface area contributed by atoms with Crippen LogP contribution in [0.5, 0.6) is 11.5 Å². The van der Waals surface area contributed by atoms with Crippen molar-refractivity contribution in [3.05, 3.63) is 52.9 Å². The number of ether oxygens (including phenoxy) is 1. The average Bonchev–Trinajstić information content (AvgIpc) is 3.14. The summed E-state index contributed by atoms with van der Waals surface area (Å²) in [6, 6.07) is 8.95.